The fourth-order valence-electron chi connectivity index (χ4n) is 0.262. The van der Waals surface area contributed by atoms with Gasteiger partial charge in [-0.3, -0.25) is 4.79 Å². The molecule has 0 atom stereocenters. The Morgan fingerprint density at radius 2 is 2.00 bits per heavy atom. The summed E-state index contributed by atoms with van der Waals surface area (Å²) in [5.74, 6) is 0. The molecule has 0 heterocycles. The summed E-state index contributed by atoms with van der Waals surface area (Å²) in [4.78, 5) is 9.81. The van der Waals surface area contributed by atoms with Gasteiger partial charge in [-0.15, -0.1) is 0 Å². The fourth-order valence-corrected chi connectivity index (χ4v) is 0.262. The van der Waals surface area contributed by atoms with Gasteiger partial charge in [-0.1, -0.05) is 13.8 Å². The van der Waals surface area contributed by atoms with E-state index in [1.165, 1.54) is 0 Å². The Bertz CT molecular complexity index is 74.4. The molecule has 0 aromatic carbocycles. The largest absolute Gasteiger partial charge is 1.00 e. The maximum Gasteiger partial charge on any atom is 1.00 e. The number of nitrogens with one attached hydrogen (secondary N) is 2. The van der Waals surface area contributed by atoms with Crippen molar-refractivity contribution in [2.75, 3.05) is 0 Å². The maximum absolute atomic E-state index is 9.81. The van der Waals surface area contributed by atoms with Gasteiger partial charge < -0.3 is 11.1 Å². The predicted octanol–water partition coefficient (Wildman–Crippen LogP) is -1.84. The van der Waals surface area contributed by atoms with Gasteiger partial charge in [0.15, 0.2) is 0 Å². The summed E-state index contributed by atoms with van der Waals surface area (Å²) in [6.45, 7) is 3.62. The second kappa shape index (κ2) is 5.41. The molecule has 0 aliphatic carbocycles. The van der Waals surface area contributed by atoms with Crippen LogP contribution in [0.15, 0.2) is 0 Å². The average molecular weight is 124 g/mol. The molecule has 0 radical (unpaired) electrons. The van der Waals surface area contributed by atoms with Crippen molar-refractivity contribution in [3.63, 3.8) is 0 Å². The van der Waals surface area contributed by atoms with Crippen LogP contribution in [0.1, 0.15) is 13.8 Å². The van der Waals surface area contributed by atoms with Gasteiger partial charge >= 0.3 is 29.6 Å². The zero-order valence-electron chi connectivity index (χ0n) is 5.49. The number of carbonyl (C=O) groups excluding carboxylic acids is 1. The van der Waals surface area contributed by atoms with Crippen LogP contribution in [0.5, 0.6) is 0 Å². The first-order valence-corrected chi connectivity index (χ1v) is 2.15. The fraction of sp³-hybridized carbons (Fsp3) is 0.750. The average Bonchev–Trinajstić information content (AvgIpc) is 1.27. The summed E-state index contributed by atoms with van der Waals surface area (Å²) in [7, 11) is 0. The Morgan fingerprint density at radius 3 is 2.00 bits per heavy atom. The molecule has 0 saturated heterocycles. The topological polar surface area (TPSA) is 52.9 Å². The minimum absolute atomic E-state index is 0. The molecule has 0 saturated carbocycles. The van der Waals surface area contributed by atoms with E-state index in [0.29, 0.717) is 0 Å². The molecule has 0 aromatic rings. The van der Waals surface area contributed by atoms with E-state index in [9.17, 15) is 4.79 Å². The van der Waals surface area contributed by atoms with Crippen molar-refractivity contribution in [1.29, 1.82) is 0 Å². The molecular formula is C4H9N2NaO. The van der Waals surface area contributed by atoms with E-state index >= 15 is 0 Å². The number of hydrogen-bond acceptors (Lipinski definition) is 1. The van der Waals surface area contributed by atoms with Crippen LogP contribution in [0.4, 0.5) is 4.79 Å². The molecule has 4 heteroatoms. The van der Waals surface area contributed by atoms with E-state index in [4.69, 9.17) is 5.73 Å². The van der Waals surface area contributed by atoms with E-state index in [1.807, 2.05) is 13.8 Å². The first-order chi connectivity index (χ1) is 3.13. The Hall–Kier alpha value is 0.270. The van der Waals surface area contributed by atoms with Crippen LogP contribution in [-0.2, 0) is 0 Å². The van der Waals surface area contributed by atoms with E-state index < -0.39 is 6.03 Å². The molecule has 2 amide bonds. The van der Waals surface area contributed by atoms with Crippen molar-refractivity contribution in [3.8, 4) is 0 Å². The van der Waals surface area contributed by atoms with E-state index in [0.717, 1.165) is 0 Å². The predicted molar refractivity (Wildman–Crippen MR) is 28.0 cm³/mol. The van der Waals surface area contributed by atoms with Gasteiger partial charge in [-0.25, -0.2) is 0 Å². The third kappa shape index (κ3) is 9.55. The first kappa shape index (κ1) is 11.1. The summed E-state index contributed by atoms with van der Waals surface area (Å²) < 4.78 is 0. The van der Waals surface area contributed by atoms with Crippen LogP contribution in [0.3, 0.4) is 0 Å². The molecule has 0 rings (SSSR count). The van der Waals surface area contributed by atoms with Crippen molar-refractivity contribution in [1.82, 2.24) is 5.32 Å². The molecule has 42 valence electrons. The van der Waals surface area contributed by atoms with Gasteiger partial charge in [-0.2, -0.15) is 0 Å². The summed E-state index contributed by atoms with van der Waals surface area (Å²) in [5, 5.41) is 2.33. The first-order valence-electron chi connectivity index (χ1n) is 2.15. The standard InChI is InChI=1S/C4H10N2O.Na/c1-3(2)6-4(5)7;/h3H,1-2H3,(H3,5,6,7);/q;+1/p-1. The van der Waals surface area contributed by atoms with Crippen molar-refractivity contribution in [3.05, 3.63) is 5.73 Å². The Labute approximate surface area is 71.3 Å². The number of hydrogen-bond donors (Lipinski definition) is 1. The van der Waals surface area contributed by atoms with Gasteiger partial charge in [-0.05, 0) is 6.04 Å². The van der Waals surface area contributed by atoms with Crippen molar-refractivity contribution >= 4 is 6.03 Å². The molecule has 0 bridgehead atoms. The van der Waals surface area contributed by atoms with Crippen molar-refractivity contribution in [2.45, 2.75) is 19.9 Å². The Kier molecular flexibility index (Phi) is 7.52. The molecule has 0 aromatic heterocycles. The summed E-state index contributed by atoms with van der Waals surface area (Å²) >= 11 is 0. The van der Waals surface area contributed by atoms with E-state index in [1.54, 1.807) is 0 Å². The number of carbonyl (C=O) groups is 1. The summed E-state index contributed by atoms with van der Waals surface area (Å²) in [6, 6.07) is -0.625. The summed E-state index contributed by atoms with van der Waals surface area (Å²) in [5.41, 5.74) is 6.36. The van der Waals surface area contributed by atoms with Gasteiger partial charge in [0.2, 0.25) is 0 Å². The molecule has 0 spiro atoms. The smallest absolute Gasteiger partial charge is 0.447 e. The Balaban J connectivity index is 0. The van der Waals surface area contributed by atoms with Crippen LogP contribution >= 0.6 is 0 Å². The minimum Gasteiger partial charge on any atom is -0.447 e. The molecule has 0 unspecified atom stereocenters. The molecule has 3 nitrogen and oxygen atoms in total. The van der Waals surface area contributed by atoms with E-state index in [2.05, 4.69) is 5.32 Å². The number of urea groups is 1. The molecule has 0 aliphatic rings. The molecule has 0 aliphatic heterocycles. The monoisotopic (exact) mass is 124 g/mol. The normalized spacial score (nSPS) is 7.88. The molecule has 8 heavy (non-hydrogen) atoms. The molecular weight excluding hydrogens is 115 g/mol. The van der Waals surface area contributed by atoms with Gasteiger partial charge in [0, 0.05) is 0 Å². The minimum atomic E-state index is -0.713. The second-order valence-electron chi connectivity index (χ2n) is 1.63. The third-order valence-corrected chi connectivity index (χ3v) is 0.420. The van der Waals surface area contributed by atoms with Gasteiger partial charge in [0.1, 0.15) is 6.03 Å². The maximum atomic E-state index is 9.81. The van der Waals surface area contributed by atoms with Crippen LogP contribution < -0.4 is 34.9 Å². The zero-order chi connectivity index (χ0) is 5.86. The van der Waals surface area contributed by atoms with Crippen molar-refractivity contribution < 1.29 is 34.4 Å². The zero-order valence-corrected chi connectivity index (χ0v) is 7.49. The van der Waals surface area contributed by atoms with Gasteiger partial charge in [0.25, 0.3) is 0 Å². The van der Waals surface area contributed by atoms with Crippen LogP contribution in [-0.4, -0.2) is 12.1 Å². The van der Waals surface area contributed by atoms with Crippen LogP contribution in [0.25, 0.3) is 5.73 Å². The van der Waals surface area contributed by atoms with Crippen LogP contribution in [0, 0.1) is 0 Å². The van der Waals surface area contributed by atoms with E-state index in [-0.39, 0.29) is 35.6 Å². The number of rotatable bonds is 1. The molecule has 2 N–H and O–H groups in total. The second-order valence-corrected chi connectivity index (χ2v) is 1.63. The van der Waals surface area contributed by atoms with Crippen molar-refractivity contribution in [2.24, 2.45) is 0 Å². The SMILES string of the molecule is CC(C)NC([NH-])=O.[Na+]. The third-order valence-electron chi connectivity index (χ3n) is 0.420. The molecule has 0 fully saturated rings. The van der Waals surface area contributed by atoms with Gasteiger partial charge in [0.05, 0.1) is 0 Å². The number of amides is 2. The van der Waals surface area contributed by atoms with Crippen LogP contribution in [0.2, 0.25) is 0 Å². The quantitative estimate of drug-likeness (QED) is 0.410. The Morgan fingerprint density at radius 1 is 1.62 bits per heavy atom. The summed E-state index contributed by atoms with van der Waals surface area (Å²) in [6.07, 6.45) is 0.